The van der Waals surface area contributed by atoms with Crippen LogP contribution in [0.1, 0.15) is 52.9 Å². The number of sulfonamides is 1. The Morgan fingerprint density at radius 1 is 1.26 bits per heavy atom. The van der Waals surface area contributed by atoms with Gasteiger partial charge in [-0.1, -0.05) is 20.8 Å². The van der Waals surface area contributed by atoms with E-state index in [0.29, 0.717) is 11.7 Å². The lowest BCUT2D eigenvalue weighted by atomic mass is 10.0. The van der Waals surface area contributed by atoms with Crippen molar-refractivity contribution in [3.8, 4) is 0 Å². The molecule has 0 bridgehead atoms. The number of hydrogen-bond donors (Lipinski definition) is 1. The molecule has 1 atom stereocenters. The Kier molecular flexibility index (Phi) is 7.32. The van der Waals surface area contributed by atoms with Crippen molar-refractivity contribution in [1.29, 1.82) is 0 Å². The van der Waals surface area contributed by atoms with E-state index in [1.165, 1.54) is 0 Å². The molecule has 0 radical (unpaired) electrons. The number of nitrogens with zero attached hydrogens (tertiary/aromatic N) is 1. The molecule has 1 fully saturated rings. The van der Waals surface area contributed by atoms with Crippen LogP contribution in [0.3, 0.4) is 0 Å². The number of unbranched alkanes of at least 4 members (excludes halogenated alkanes) is 1. The largest absolute Gasteiger partial charge is 0.317 e. The highest BCUT2D eigenvalue weighted by molar-refractivity contribution is 7.89. The lowest BCUT2D eigenvalue weighted by Gasteiger charge is -2.26. The van der Waals surface area contributed by atoms with E-state index >= 15 is 0 Å². The van der Waals surface area contributed by atoms with Gasteiger partial charge in [-0.3, -0.25) is 0 Å². The van der Waals surface area contributed by atoms with Crippen LogP contribution >= 0.6 is 0 Å². The average Bonchev–Trinajstić information content (AvgIpc) is 2.83. The molecule has 0 amide bonds. The quantitative estimate of drug-likeness (QED) is 0.662. The summed E-state index contributed by atoms with van der Waals surface area (Å²) in [5.74, 6) is 0.729. The summed E-state index contributed by atoms with van der Waals surface area (Å²) in [6, 6.07) is 0.225. The third-order valence-corrected chi connectivity index (χ3v) is 5.78. The Hall–Kier alpha value is -0.130. The summed E-state index contributed by atoms with van der Waals surface area (Å²) in [6.45, 7) is 9.04. The Balaban J connectivity index is 2.34. The number of nitrogens with one attached hydrogen (secondary N) is 1. The Labute approximate surface area is 119 Å². The first-order valence-corrected chi connectivity index (χ1v) is 9.30. The lowest BCUT2D eigenvalue weighted by molar-refractivity contribution is 0.315. The first-order chi connectivity index (χ1) is 8.99. The Morgan fingerprint density at radius 3 is 2.63 bits per heavy atom. The zero-order valence-corrected chi connectivity index (χ0v) is 13.5. The summed E-state index contributed by atoms with van der Waals surface area (Å²) in [7, 11) is -3.04. The maximum Gasteiger partial charge on any atom is 0.214 e. The predicted molar refractivity (Wildman–Crippen MR) is 80.7 cm³/mol. The van der Waals surface area contributed by atoms with Crippen LogP contribution in [0, 0.1) is 5.92 Å². The minimum absolute atomic E-state index is 0.225. The highest BCUT2D eigenvalue weighted by Gasteiger charge is 2.35. The topological polar surface area (TPSA) is 49.4 Å². The summed E-state index contributed by atoms with van der Waals surface area (Å²) in [6.07, 6.45) is 4.87. The summed E-state index contributed by atoms with van der Waals surface area (Å²) in [5.41, 5.74) is 0. The Morgan fingerprint density at radius 2 is 2.00 bits per heavy atom. The van der Waals surface area contributed by atoms with Crippen molar-refractivity contribution in [2.75, 3.05) is 25.4 Å². The van der Waals surface area contributed by atoms with Crippen LogP contribution in [0.25, 0.3) is 0 Å². The minimum atomic E-state index is -3.04. The van der Waals surface area contributed by atoms with E-state index in [-0.39, 0.29) is 6.04 Å². The molecule has 114 valence electrons. The number of rotatable bonds is 9. The minimum Gasteiger partial charge on any atom is -0.317 e. The van der Waals surface area contributed by atoms with E-state index < -0.39 is 10.0 Å². The van der Waals surface area contributed by atoms with Crippen molar-refractivity contribution in [2.45, 2.75) is 58.9 Å². The maximum absolute atomic E-state index is 12.3. The van der Waals surface area contributed by atoms with Crippen molar-refractivity contribution in [2.24, 2.45) is 5.92 Å². The lowest BCUT2D eigenvalue weighted by Crippen LogP contribution is -2.39. The van der Waals surface area contributed by atoms with Crippen molar-refractivity contribution in [3.63, 3.8) is 0 Å². The zero-order valence-electron chi connectivity index (χ0n) is 12.7. The van der Waals surface area contributed by atoms with Gasteiger partial charge in [0.05, 0.1) is 5.75 Å². The molecule has 0 spiro atoms. The van der Waals surface area contributed by atoms with Gasteiger partial charge in [0.2, 0.25) is 10.0 Å². The van der Waals surface area contributed by atoms with Gasteiger partial charge in [-0.05, 0) is 51.1 Å². The Bertz CT molecular complexity index is 341. The van der Waals surface area contributed by atoms with E-state index in [4.69, 9.17) is 0 Å². The molecule has 1 saturated heterocycles. The van der Waals surface area contributed by atoms with Crippen LogP contribution in [-0.4, -0.2) is 44.2 Å². The van der Waals surface area contributed by atoms with Crippen LogP contribution in [-0.2, 0) is 10.0 Å². The molecule has 1 aliphatic rings. The molecule has 0 aromatic rings. The third-order valence-electron chi connectivity index (χ3n) is 3.81. The summed E-state index contributed by atoms with van der Waals surface area (Å²) < 4.78 is 26.4. The van der Waals surface area contributed by atoms with Crippen molar-refractivity contribution < 1.29 is 8.42 Å². The van der Waals surface area contributed by atoms with Crippen LogP contribution in [0.2, 0.25) is 0 Å². The van der Waals surface area contributed by atoms with E-state index in [2.05, 4.69) is 26.1 Å². The fourth-order valence-corrected chi connectivity index (χ4v) is 4.70. The molecule has 0 saturated carbocycles. The summed E-state index contributed by atoms with van der Waals surface area (Å²) >= 11 is 0. The van der Waals surface area contributed by atoms with Crippen molar-refractivity contribution >= 4 is 10.0 Å². The molecule has 1 unspecified atom stereocenters. The second kappa shape index (κ2) is 8.22. The molecule has 5 heteroatoms. The molecule has 1 aliphatic heterocycles. The fourth-order valence-electron chi connectivity index (χ4n) is 2.73. The first-order valence-electron chi connectivity index (χ1n) is 7.69. The monoisotopic (exact) mass is 290 g/mol. The molecule has 4 nitrogen and oxygen atoms in total. The second-order valence-corrected chi connectivity index (χ2v) is 7.88. The molecule has 0 aliphatic carbocycles. The highest BCUT2D eigenvalue weighted by atomic mass is 32.2. The molecule has 1 N–H and O–H groups in total. The first kappa shape index (κ1) is 16.9. The van der Waals surface area contributed by atoms with Gasteiger partial charge in [-0.15, -0.1) is 0 Å². The maximum atomic E-state index is 12.3. The summed E-state index contributed by atoms with van der Waals surface area (Å²) in [4.78, 5) is 0. The van der Waals surface area contributed by atoms with E-state index in [9.17, 15) is 8.42 Å². The standard InChI is InChI=1S/C14H30N2O2S/c1-4-9-15-10-5-6-12-19(17,18)16-11-7-8-14(16)13(2)3/h13-15H,4-12H2,1-3H3. The van der Waals surface area contributed by atoms with Crippen LogP contribution in [0.15, 0.2) is 0 Å². The van der Waals surface area contributed by atoms with Gasteiger partial charge in [0.1, 0.15) is 0 Å². The number of hydrogen-bond acceptors (Lipinski definition) is 3. The van der Waals surface area contributed by atoms with Crippen LogP contribution < -0.4 is 5.32 Å². The molecular formula is C14H30N2O2S. The molecule has 0 aromatic heterocycles. The van der Waals surface area contributed by atoms with Gasteiger partial charge in [-0.25, -0.2) is 8.42 Å². The van der Waals surface area contributed by atoms with Gasteiger partial charge in [0.25, 0.3) is 0 Å². The normalized spacial score (nSPS) is 21.4. The van der Waals surface area contributed by atoms with Crippen LogP contribution in [0.5, 0.6) is 0 Å². The zero-order chi connectivity index (χ0) is 14.3. The summed E-state index contributed by atoms with van der Waals surface area (Å²) in [5, 5.41) is 3.31. The SMILES string of the molecule is CCCNCCCCS(=O)(=O)N1CCCC1C(C)C. The molecular weight excluding hydrogens is 260 g/mol. The third kappa shape index (κ3) is 5.40. The fraction of sp³-hybridized carbons (Fsp3) is 1.00. The van der Waals surface area contributed by atoms with Gasteiger partial charge in [0.15, 0.2) is 0 Å². The molecule has 0 aromatic carbocycles. The highest BCUT2D eigenvalue weighted by Crippen LogP contribution is 2.27. The molecule has 19 heavy (non-hydrogen) atoms. The van der Waals surface area contributed by atoms with E-state index in [0.717, 1.165) is 51.7 Å². The van der Waals surface area contributed by atoms with Crippen molar-refractivity contribution in [1.82, 2.24) is 9.62 Å². The second-order valence-electron chi connectivity index (χ2n) is 5.84. The average molecular weight is 290 g/mol. The van der Waals surface area contributed by atoms with E-state index in [1.807, 2.05) is 0 Å². The van der Waals surface area contributed by atoms with Gasteiger partial charge in [0, 0.05) is 12.6 Å². The van der Waals surface area contributed by atoms with Gasteiger partial charge >= 0.3 is 0 Å². The predicted octanol–water partition coefficient (Wildman–Crippen LogP) is 2.22. The molecule has 1 heterocycles. The van der Waals surface area contributed by atoms with E-state index in [1.54, 1.807) is 4.31 Å². The smallest absolute Gasteiger partial charge is 0.214 e. The van der Waals surface area contributed by atoms with Gasteiger partial charge in [-0.2, -0.15) is 4.31 Å². The van der Waals surface area contributed by atoms with Crippen LogP contribution in [0.4, 0.5) is 0 Å². The molecule has 1 rings (SSSR count). The van der Waals surface area contributed by atoms with Gasteiger partial charge < -0.3 is 5.32 Å². The van der Waals surface area contributed by atoms with Crippen molar-refractivity contribution in [3.05, 3.63) is 0 Å².